The topological polar surface area (TPSA) is 89.4 Å². The van der Waals surface area contributed by atoms with Crippen molar-refractivity contribution < 1.29 is 43.7 Å². The van der Waals surface area contributed by atoms with Gasteiger partial charge in [0, 0.05) is 0 Å². The number of halogens is 7. The molecule has 0 radical (unpaired) electrons. The Morgan fingerprint density at radius 2 is 1.23 bits per heavy atom. The SMILES string of the molecule is N.O=S(=O)(O)CC(F)C(F)C(F)C(F)C(F)C(F)CCCF. The molecule has 6 atom stereocenters. The van der Waals surface area contributed by atoms with Crippen molar-refractivity contribution in [3.63, 3.8) is 0 Å². The average Bonchev–Trinajstić information content (AvgIpc) is 2.39. The van der Waals surface area contributed by atoms with Crippen LogP contribution in [-0.2, 0) is 10.1 Å². The molecule has 0 saturated carbocycles. The van der Waals surface area contributed by atoms with Crippen molar-refractivity contribution >= 4 is 10.1 Å². The Balaban J connectivity index is 0. The van der Waals surface area contributed by atoms with Crippen molar-refractivity contribution in [1.82, 2.24) is 6.15 Å². The maximum absolute atomic E-state index is 13.2. The fourth-order valence-corrected chi connectivity index (χ4v) is 2.06. The number of alkyl halides is 7. The van der Waals surface area contributed by atoms with Gasteiger partial charge in [-0.2, -0.15) is 8.42 Å². The van der Waals surface area contributed by atoms with Gasteiger partial charge >= 0.3 is 0 Å². The first-order valence-corrected chi connectivity index (χ1v) is 7.47. The zero-order valence-electron chi connectivity index (χ0n) is 11.3. The Labute approximate surface area is 123 Å². The highest BCUT2D eigenvalue weighted by atomic mass is 32.2. The molecule has 22 heavy (non-hydrogen) atoms. The maximum atomic E-state index is 13.2. The summed E-state index contributed by atoms with van der Waals surface area (Å²) in [4.78, 5) is 0. The molecule has 0 aromatic rings. The molecule has 4 N–H and O–H groups in total. The first-order chi connectivity index (χ1) is 9.51. The van der Waals surface area contributed by atoms with Crippen molar-refractivity contribution in [2.75, 3.05) is 12.4 Å². The fourth-order valence-electron chi connectivity index (χ4n) is 1.47. The van der Waals surface area contributed by atoms with Crippen molar-refractivity contribution in [3.05, 3.63) is 0 Å². The third-order valence-corrected chi connectivity index (χ3v) is 3.33. The van der Waals surface area contributed by atoms with Crippen LogP contribution in [0, 0.1) is 0 Å². The summed E-state index contributed by atoms with van der Waals surface area (Å²) < 4.78 is 119. The molecule has 0 aliphatic rings. The summed E-state index contributed by atoms with van der Waals surface area (Å²) in [6.45, 7) is -1.02. The summed E-state index contributed by atoms with van der Waals surface area (Å²) in [5.41, 5.74) is 0. The molecule has 0 bridgehead atoms. The second-order valence-corrected chi connectivity index (χ2v) is 5.89. The lowest BCUT2D eigenvalue weighted by Crippen LogP contribution is -2.44. The van der Waals surface area contributed by atoms with Gasteiger partial charge < -0.3 is 6.15 Å². The first-order valence-electron chi connectivity index (χ1n) is 5.86. The summed E-state index contributed by atoms with van der Waals surface area (Å²) in [7, 11) is -4.99. The van der Waals surface area contributed by atoms with Gasteiger partial charge in [0.2, 0.25) is 0 Å². The molecule has 0 aliphatic heterocycles. The minimum absolute atomic E-state index is 0. The van der Waals surface area contributed by atoms with Gasteiger partial charge in [0.05, 0.1) is 6.67 Å². The number of rotatable bonds is 10. The van der Waals surface area contributed by atoms with E-state index in [0.717, 1.165) is 0 Å². The van der Waals surface area contributed by atoms with Crippen LogP contribution in [0.1, 0.15) is 12.8 Å². The van der Waals surface area contributed by atoms with E-state index in [4.69, 9.17) is 4.55 Å². The summed E-state index contributed by atoms with van der Waals surface area (Å²) in [5, 5.41) is 0. The predicted molar refractivity (Wildman–Crippen MR) is 66.0 cm³/mol. The van der Waals surface area contributed by atoms with E-state index >= 15 is 0 Å². The lowest BCUT2D eigenvalue weighted by Gasteiger charge is -2.23. The average molecular weight is 365 g/mol. The van der Waals surface area contributed by atoms with E-state index in [1.165, 1.54) is 0 Å². The van der Waals surface area contributed by atoms with E-state index in [0.29, 0.717) is 0 Å². The van der Waals surface area contributed by atoms with Crippen LogP contribution < -0.4 is 6.15 Å². The number of hydrogen-bond acceptors (Lipinski definition) is 3. The second-order valence-electron chi connectivity index (χ2n) is 4.39. The molecule has 6 unspecified atom stereocenters. The van der Waals surface area contributed by atoms with Gasteiger partial charge in [-0.3, -0.25) is 8.94 Å². The Hall–Kier alpha value is -0.620. The minimum Gasteiger partial charge on any atom is -0.344 e. The Morgan fingerprint density at radius 3 is 1.59 bits per heavy atom. The quantitative estimate of drug-likeness (QED) is 0.460. The summed E-state index contributed by atoms with van der Waals surface area (Å²) >= 11 is 0. The molecule has 0 saturated heterocycles. The van der Waals surface area contributed by atoms with E-state index in [2.05, 4.69) is 0 Å². The monoisotopic (exact) mass is 365 g/mol. The van der Waals surface area contributed by atoms with Crippen molar-refractivity contribution in [2.24, 2.45) is 0 Å². The molecule has 4 nitrogen and oxygen atoms in total. The van der Waals surface area contributed by atoms with Crippen LogP contribution in [0.3, 0.4) is 0 Å². The minimum atomic E-state index is -4.99. The van der Waals surface area contributed by atoms with E-state index in [1.54, 1.807) is 0 Å². The van der Waals surface area contributed by atoms with Crippen LogP contribution in [-0.4, -0.2) is 62.4 Å². The zero-order valence-corrected chi connectivity index (χ0v) is 12.1. The Kier molecular flexibility index (Phi) is 11.0. The molecular formula is C10H18F7NO3S. The molecule has 0 spiro atoms. The van der Waals surface area contributed by atoms with Gasteiger partial charge in [0.15, 0.2) is 30.9 Å². The summed E-state index contributed by atoms with van der Waals surface area (Å²) in [5.74, 6) is -1.85. The highest BCUT2D eigenvalue weighted by molar-refractivity contribution is 7.85. The molecule has 0 amide bonds. The van der Waals surface area contributed by atoms with Gasteiger partial charge in [-0.15, -0.1) is 0 Å². The highest BCUT2D eigenvalue weighted by Gasteiger charge is 2.44. The molecule has 12 heteroatoms. The molecule has 0 rings (SSSR count). The van der Waals surface area contributed by atoms with E-state index in [9.17, 15) is 39.2 Å². The van der Waals surface area contributed by atoms with Crippen LogP contribution in [0.25, 0.3) is 0 Å². The van der Waals surface area contributed by atoms with Crippen LogP contribution in [0.4, 0.5) is 30.7 Å². The first kappa shape index (κ1) is 23.6. The molecular weight excluding hydrogens is 347 g/mol. The van der Waals surface area contributed by atoms with E-state index in [1.807, 2.05) is 0 Å². The molecule has 0 aromatic carbocycles. The van der Waals surface area contributed by atoms with E-state index in [-0.39, 0.29) is 6.15 Å². The van der Waals surface area contributed by atoms with Crippen LogP contribution >= 0.6 is 0 Å². The van der Waals surface area contributed by atoms with Crippen LogP contribution in [0.2, 0.25) is 0 Å². The standard InChI is InChI=1S/C10H15F7O3S.H3N/c11-3-1-2-5(12)7(14)9(16)10(17)8(15)6(13)4-21(18,19)20;/h5-10H,1-4H2,(H,18,19,20);1H3. The maximum Gasteiger partial charge on any atom is 0.267 e. The van der Waals surface area contributed by atoms with Crippen LogP contribution in [0.15, 0.2) is 0 Å². The van der Waals surface area contributed by atoms with Gasteiger partial charge in [-0.1, -0.05) is 0 Å². The lowest BCUT2D eigenvalue weighted by atomic mass is 10.00. The van der Waals surface area contributed by atoms with Crippen molar-refractivity contribution in [1.29, 1.82) is 0 Å². The molecule has 136 valence electrons. The zero-order chi connectivity index (χ0) is 16.8. The number of hydrogen-bond donors (Lipinski definition) is 2. The molecule has 0 aromatic heterocycles. The van der Waals surface area contributed by atoms with Gasteiger partial charge in [0.25, 0.3) is 10.1 Å². The molecule has 0 heterocycles. The van der Waals surface area contributed by atoms with Gasteiger partial charge in [0.1, 0.15) is 11.9 Å². The molecule has 0 fully saturated rings. The highest BCUT2D eigenvalue weighted by Crippen LogP contribution is 2.26. The fraction of sp³-hybridized carbons (Fsp3) is 1.00. The van der Waals surface area contributed by atoms with Crippen LogP contribution in [0.5, 0.6) is 0 Å². The van der Waals surface area contributed by atoms with Crippen molar-refractivity contribution in [2.45, 2.75) is 49.9 Å². The smallest absolute Gasteiger partial charge is 0.267 e. The summed E-state index contributed by atoms with van der Waals surface area (Å²) in [6, 6.07) is 0. The Bertz CT molecular complexity index is 400. The second kappa shape index (κ2) is 10.2. The summed E-state index contributed by atoms with van der Waals surface area (Å²) in [6.07, 6.45) is -20.4. The largest absolute Gasteiger partial charge is 0.344 e. The van der Waals surface area contributed by atoms with Gasteiger partial charge in [-0.25, -0.2) is 26.3 Å². The van der Waals surface area contributed by atoms with Gasteiger partial charge in [-0.05, 0) is 12.8 Å². The predicted octanol–water partition coefficient (Wildman–Crippen LogP) is 2.81. The third kappa shape index (κ3) is 8.13. The molecule has 0 aliphatic carbocycles. The lowest BCUT2D eigenvalue weighted by molar-refractivity contribution is -0.0184. The van der Waals surface area contributed by atoms with E-state index < -0.39 is 72.4 Å². The third-order valence-electron chi connectivity index (χ3n) is 2.59. The van der Waals surface area contributed by atoms with Crippen molar-refractivity contribution in [3.8, 4) is 0 Å². The normalized spacial score (nSPS) is 20.4. The Morgan fingerprint density at radius 1 is 0.818 bits per heavy atom.